The van der Waals surface area contributed by atoms with E-state index in [2.05, 4.69) is 15.0 Å². The summed E-state index contributed by atoms with van der Waals surface area (Å²) in [6.45, 7) is 9.97. The first-order valence-corrected chi connectivity index (χ1v) is 10.7. The van der Waals surface area contributed by atoms with Crippen molar-refractivity contribution < 1.29 is 13.2 Å². The summed E-state index contributed by atoms with van der Waals surface area (Å²) in [5, 5.41) is 3.24. The van der Waals surface area contributed by atoms with Crippen LogP contribution in [-0.4, -0.2) is 57.8 Å². The van der Waals surface area contributed by atoms with Crippen LogP contribution in [0.3, 0.4) is 0 Å². The molecule has 0 aliphatic rings. The Morgan fingerprint density at radius 2 is 1.81 bits per heavy atom. The first-order chi connectivity index (χ1) is 12.1. The first-order valence-electron chi connectivity index (χ1n) is 8.76. The van der Waals surface area contributed by atoms with Crippen LogP contribution >= 0.6 is 24.0 Å². The summed E-state index contributed by atoms with van der Waals surface area (Å²) in [5.41, 5.74) is 0.476. The van der Waals surface area contributed by atoms with Crippen LogP contribution < -0.4 is 14.8 Å². The molecule has 0 aromatic heterocycles. The van der Waals surface area contributed by atoms with Gasteiger partial charge in [0.2, 0.25) is 10.0 Å². The summed E-state index contributed by atoms with van der Waals surface area (Å²) in [5.74, 6) is 1.58. The van der Waals surface area contributed by atoms with Crippen LogP contribution in [-0.2, 0) is 16.6 Å². The predicted octanol–water partition coefficient (Wildman–Crippen LogP) is 2.43. The minimum Gasteiger partial charge on any atom is -0.494 e. The maximum Gasteiger partial charge on any atom is 0.209 e. The molecule has 0 spiro atoms. The standard InChI is InChI=1S/C18H32N4O3S.HI/c1-7-19-17(20-14-18(3,4)21-26(6,23)24)22(5)13-15-9-11-16(12-10-15)25-8-2;/h9-12,21H,7-8,13-14H2,1-6H3,(H,19,20);1H. The van der Waals surface area contributed by atoms with Crippen molar-refractivity contribution in [2.45, 2.75) is 39.8 Å². The van der Waals surface area contributed by atoms with E-state index in [4.69, 9.17) is 4.74 Å². The summed E-state index contributed by atoms with van der Waals surface area (Å²) in [6.07, 6.45) is 1.15. The lowest BCUT2D eigenvalue weighted by atomic mass is 10.1. The first kappa shape index (κ1) is 25.9. The molecular formula is C18H33IN4O3S. The molecule has 0 bridgehead atoms. The molecule has 0 amide bonds. The zero-order chi connectivity index (χ0) is 19.8. The number of rotatable bonds is 9. The number of nitrogens with one attached hydrogen (secondary N) is 2. The lowest BCUT2D eigenvalue weighted by molar-refractivity contribution is 0.340. The number of benzene rings is 1. The third-order valence-electron chi connectivity index (χ3n) is 3.44. The Bertz CT molecular complexity index is 691. The average molecular weight is 512 g/mol. The van der Waals surface area contributed by atoms with E-state index in [1.807, 2.05) is 63.9 Å². The quantitative estimate of drug-likeness (QED) is 0.302. The Hall–Kier alpha value is -1.07. The molecule has 0 radical (unpaired) electrons. The van der Waals surface area contributed by atoms with Gasteiger partial charge in [-0.3, -0.25) is 4.99 Å². The van der Waals surface area contributed by atoms with Crippen molar-refractivity contribution in [1.82, 2.24) is 14.9 Å². The van der Waals surface area contributed by atoms with Gasteiger partial charge in [0.25, 0.3) is 0 Å². The highest BCUT2D eigenvalue weighted by Gasteiger charge is 2.22. The molecule has 0 fully saturated rings. The monoisotopic (exact) mass is 512 g/mol. The third-order valence-corrected chi connectivity index (χ3v) is 4.36. The van der Waals surface area contributed by atoms with Crippen molar-refractivity contribution in [2.24, 2.45) is 4.99 Å². The summed E-state index contributed by atoms with van der Waals surface area (Å²) >= 11 is 0. The molecule has 0 saturated carbocycles. The fourth-order valence-electron chi connectivity index (χ4n) is 2.48. The van der Waals surface area contributed by atoms with E-state index in [1.54, 1.807) is 0 Å². The smallest absolute Gasteiger partial charge is 0.209 e. The Morgan fingerprint density at radius 1 is 1.22 bits per heavy atom. The van der Waals surface area contributed by atoms with Gasteiger partial charge in [0, 0.05) is 25.7 Å². The second-order valence-corrected chi connectivity index (χ2v) is 8.61. The van der Waals surface area contributed by atoms with Gasteiger partial charge in [-0.2, -0.15) is 0 Å². The molecule has 27 heavy (non-hydrogen) atoms. The van der Waals surface area contributed by atoms with Crippen LogP contribution in [0.1, 0.15) is 33.3 Å². The van der Waals surface area contributed by atoms with Crippen LogP contribution in [0.25, 0.3) is 0 Å². The van der Waals surface area contributed by atoms with Gasteiger partial charge < -0.3 is 15.0 Å². The summed E-state index contributed by atoms with van der Waals surface area (Å²) < 4.78 is 31.0. The van der Waals surface area contributed by atoms with Gasteiger partial charge in [-0.25, -0.2) is 13.1 Å². The lowest BCUT2D eigenvalue weighted by Gasteiger charge is -2.26. The zero-order valence-electron chi connectivity index (χ0n) is 17.1. The van der Waals surface area contributed by atoms with E-state index < -0.39 is 15.6 Å². The van der Waals surface area contributed by atoms with Crippen molar-refractivity contribution in [1.29, 1.82) is 0 Å². The number of hydrogen-bond donors (Lipinski definition) is 2. The normalized spacial score (nSPS) is 12.3. The largest absolute Gasteiger partial charge is 0.494 e. The van der Waals surface area contributed by atoms with Gasteiger partial charge in [0.05, 0.1) is 19.4 Å². The Morgan fingerprint density at radius 3 is 2.30 bits per heavy atom. The van der Waals surface area contributed by atoms with Crippen molar-refractivity contribution in [3.63, 3.8) is 0 Å². The molecule has 0 unspecified atom stereocenters. The van der Waals surface area contributed by atoms with E-state index in [0.717, 1.165) is 30.1 Å². The van der Waals surface area contributed by atoms with Crippen molar-refractivity contribution >= 4 is 40.0 Å². The minimum absolute atomic E-state index is 0. The zero-order valence-corrected chi connectivity index (χ0v) is 20.2. The van der Waals surface area contributed by atoms with Crippen molar-refractivity contribution in [3.05, 3.63) is 29.8 Å². The molecule has 156 valence electrons. The second-order valence-electron chi connectivity index (χ2n) is 6.86. The van der Waals surface area contributed by atoms with Gasteiger partial charge in [-0.1, -0.05) is 12.1 Å². The molecule has 0 aliphatic carbocycles. The van der Waals surface area contributed by atoms with Crippen LogP contribution in [0.5, 0.6) is 5.75 Å². The van der Waals surface area contributed by atoms with E-state index in [-0.39, 0.29) is 24.0 Å². The topological polar surface area (TPSA) is 83.0 Å². The molecule has 7 nitrogen and oxygen atoms in total. The summed E-state index contributed by atoms with van der Waals surface area (Å²) in [7, 11) is -1.33. The molecule has 0 saturated heterocycles. The SMILES string of the molecule is CCNC(=NCC(C)(C)NS(C)(=O)=O)N(C)Cc1ccc(OCC)cc1.I. The van der Waals surface area contributed by atoms with E-state index in [1.165, 1.54) is 0 Å². The molecule has 1 rings (SSSR count). The maximum atomic E-state index is 11.5. The van der Waals surface area contributed by atoms with E-state index in [0.29, 0.717) is 19.7 Å². The fourth-order valence-corrected chi connectivity index (χ4v) is 3.55. The van der Waals surface area contributed by atoms with Crippen LogP contribution in [0.15, 0.2) is 29.3 Å². The Labute approximate surface area is 181 Å². The number of halogens is 1. The molecule has 0 heterocycles. The molecule has 2 N–H and O–H groups in total. The highest BCUT2D eigenvalue weighted by atomic mass is 127. The summed E-state index contributed by atoms with van der Waals surface area (Å²) in [4.78, 5) is 6.60. The van der Waals surface area contributed by atoms with Crippen LogP contribution in [0, 0.1) is 0 Å². The molecule has 0 aliphatic heterocycles. The van der Waals surface area contributed by atoms with Crippen LogP contribution in [0.2, 0.25) is 0 Å². The average Bonchev–Trinajstić information content (AvgIpc) is 2.51. The van der Waals surface area contributed by atoms with Gasteiger partial charge in [0.1, 0.15) is 5.75 Å². The lowest BCUT2D eigenvalue weighted by Crippen LogP contribution is -2.46. The minimum atomic E-state index is -3.28. The molecule has 1 aromatic carbocycles. The fraction of sp³-hybridized carbons (Fsp3) is 0.611. The van der Waals surface area contributed by atoms with Crippen molar-refractivity contribution in [3.8, 4) is 5.75 Å². The number of guanidine groups is 1. The Kier molecular flexibility index (Phi) is 11.2. The molecule has 9 heteroatoms. The Balaban J connectivity index is 0.00000676. The molecule has 0 atom stereocenters. The molecular weight excluding hydrogens is 479 g/mol. The number of nitrogens with zero attached hydrogens (tertiary/aromatic N) is 2. The van der Waals surface area contributed by atoms with Crippen LogP contribution in [0.4, 0.5) is 0 Å². The van der Waals surface area contributed by atoms with Gasteiger partial charge in [-0.15, -0.1) is 24.0 Å². The van der Waals surface area contributed by atoms with E-state index in [9.17, 15) is 8.42 Å². The van der Waals surface area contributed by atoms with Crippen molar-refractivity contribution in [2.75, 3.05) is 33.0 Å². The molecule has 1 aromatic rings. The van der Waals surface area contributed by atoms with Gasteiger partial charge >= 0.3 is 0 Å². The van der Waals surface area contributed by atoms with E-state index >= 15 is 0 Å². The predicted molar refractivity (Wildman–Crippen MR) is 123 cm³/mol. The second kappa shape index (κ2) is 11.7. The highest BCUT2D eigenvalue weighted by Crippen LogP contribution is 2.13. The number of aliphatic imine (C=N–C) groups is 1. The summed E-state index contributed by atoms with van der Waals surface area (Å²) in [6, 6.07) is 7.96. The van der Waals surface area contributed by atoms with Gasteiger partial charge in [0.15, 0.2) is 5.96 Å². The number of ether oxygens (including phenoxy) is 1. The number of sulfonamides is 1. The highest BCUT2D eigenvalue weighted by molar-refractivity contribution is 14.0. The third kappa shape index (κ3) is 10.7. The van der Waals surface area contributed by atoms with Gasteiger partial charge in [-0.05, 0) is 45.4 Å². The maximum absolute atomic E-state index is 11.5. The number of hydrogen-bond acceptors (Lipinski definition) is 4.